The van der Waals surface area contributed by atoms with Crippen LogP contribution in [0.2, 0.25) is 0 Å². The van der Waals surface area contributed by atoms with Crippen LogP contribution in [-0.2, 0) is 11.3 Å². The minimum atomic E-state index is -0.114. The molecule has 0 saturated carbocycles. The monoisotopic (exact) mass is 342 g/mol. The molecule has 0 radical (unpaired) electrons. The molecule has 0 atom stereocenters. The van der Waals surface area contributed by atoms with Gasteiger partial charge in [-0.15, -0.1) is 0 Å². The van der Waals surface area contributed by atoms with Crippen molar-refractivity contribution < 1.29 is 14.3 Å². The summed E-state index contributed by atoms with van der Waals surface area (Å²) in [5.74, 6) is 0.770. The van der Waals surface area contributed by atoms with Gasteiger partial charge in [-0.1, -0.05) is 37.3 Å². The van der Waals surface area contributed by atoms with Crippen molar-refractivity contribution in [3.63, 3.8) is 0 Å². The molecule has 0 fully saturated rings. The van der Waals surface area contributed by atoms with Crippen molar-refractivity contribution in [2.75, 3.05) is 32.1 Å². The summed E-state index contributed by atoms with van der Waals surface area (Å²) in [5, 5.41) is 2.91. The van der Waals surface area contributed by atoms with Gasteiger partial charge in [0, 0.05) is 25.9 Å². The molecular formula is C20H26N2O3. The average molecular weight is 342 g/mol. The van der Waals surface area contributed by atoms with E-state index >= 15 is 0 Å². The third-order valence-electron chi connectivity index (χ3n) is 3.70. The summed E-state index contributed by atoms with van der Waals surface area (Å²) in [6.07, 6.45) is 0.906. The number of anilines is 1. The average Bonchev–Trinajstić information content (AvgIpc) is 2.65. The summed E-state index contributed by atoms with van der Waals surface area (Å²) in [5.41, 5.74) is 1.86. The molecule has 5 nitrogen and oxygen atoms in total. The molecule has 25 heavy (non-hydrogen) atoms. The van der Waals surface area contributed by atoms with E-state index in [9.17, 15) is 4.79 Å². The maximum Gasteiger partial charge on any atom is 0.321 e. The standard InChI is InChI=1S/C20H26N2O3/c1-3-13-22(14-15-24-2)20(23)21-18-9-11-19(12-10-18)25-16-17-7-5-4-6-8-17/h4-12H,3,13-16H2,1-2H3,(H,21,23). The number of amides is 2. The second-order valence-corrected chi connectivity index (χ2v) is 5.71. The number of methoxy groups -OCH3 is 1. The molecule has 0 spiro atoms. The zero-order chi connectivity index (χ0) is 17.9. The highest BCUT2D eigenvalue weighted by Crippen LogP contribution is 2.17. The summed E-state index contributed by atoms with van der Waals surface area (Å²) in [6, 6.07) is 17.3. The third-order valence-corrected chi connectivity index (χ3v) is 3.70. The molecular weight excluding hydrogens is 316 g/mol. The Morgan fingerprint density at radius 3 is 2.40 bits per heavy atom. The first kappa shape index (κ1) is 18.8. The third kappa shape index (κ3) is 6.47. The summed E-state index contributed by atoms with van der Waals surface area (Å²) in [4.78, 5) is 14.1. The van der Waals surface area contributed by atoms with Crippen molar-refractivity contribution in [2.45, 2.75) is 20.0 Å². The van der Waals surface area contributed by atoms with E-state index < -0.39 is 0 Å². The van der Waals surface area contributed by atoms with Crippen LogP contribution in [0.15, 0.2) is 54.6 Å². The van der Waals surface area contributed by atoms with E-state index in [1.54, 1.807) is 12.0 Å². The first-order valence-electron chi connectivity index (χ1n) is 8.54. The molecule has 0 heterocycles. The highest BCUT2D eigenvalue weighted by Gasteiger charge is 2.12. The van der Waals surface area contributed by atoms with Gasteiger partial charge in [0.25, 0.3) is 0 Å². The Morgan fingerprint density at radius 2 is 1.76 bits per heavy atom. The van der Waals surface area contributed by atoms with E-state index in [1.807, 2.05) is 61.5 Å². The van der Waals surface area contributed by atoms with E-state index in [-0.39, 0.29) is 6.03 Å². The van der Waals surface area contributed by atoms with Gasteiger partial charge in [0.15, 0.2) is 0 Å². The molecule has 0 aromatic heterocycles. The summed E-state index contributed by atoms with van der Waals surface area (Å²) in [7, 11) is 1.64. The van der Waals surface area contributed by atoms with E-state index in [0.717, 1.165) is 23.4 Å². The number of carbonyl (C=O) groups excluding carboxylic acids is 1. The summed E-state index contributed by atoms with van der Waals surface area (Å²) < 4.78 is 10.8. The highest BCUT2D eigenvalue weighted by molar-refractivity contribution is 5.89. The first-order chi connectivity index (χ1) is 12.2. The molecule has 0 bridgehead atoms. The lowest BCUT2D eigenvalue weighted by atomic mass is 10.2. The smallest absolute Gasteiger partial charge is 0.321 e. The molecule has 2 aromatic carbocycles. The lowest BCUT2D eigenvalue weighted by Crippen LogP contribution is -2.37. The van der Waals surface area contributed by atoms with Crippen LogP contribution in [0.1, 0.15) is 18.9 Å². The van der Waals surface area contributed by atoms with Crippen LogP contribution in [0.5, 0.6) is 5.75 Å². The van der Waals surface area contributed by atoms with Crippen LogP contribution < -0.4 is 10.1 Å². The lowest BCUT2D eigenvalue weighted by Gasteiger charge is -2.22. The number of benzene rings is 2. The van der Waals surface area contributed by atoms with Crippen LogP contribution in [-0.4, -0.2) is 37.7 Å². The number of carbonyl (C=O) groups is 1. The number of nitrogens with one attached hydrogen (secondary N) is 1. The minimum Gasteiger partial charge on any atom is -0.489 e. The normalized spacial score (nSPS) is 10.3. The van der Waals surface area contributed by atoms with Crippen LogP contribution in [0, 0.1) is 0 Å². The van der Waals surface area contributed by atoms with Gasteiger partial charge in [0.05, 0.1) is 6.61 Å². The molecule has 0 saturated heterocycles. The molecule has 2 rings (SSSR count). The van der Waals surface area contributed by atoms with Crippen LogP contribution in [0.4, 0.5) is 10.5 Å². The number of nitrogens with zero attached hydrogens (tertiary/aromatic N) is 1. The van der Waals surface area contributed by atoms with Gasteiger partial charge < -0.3 is 19.7 Å². The fourth-order valence-electron chi connectivity index (χ4n) is 2.36. The second kappa shape index (κ2) is 10.4. The van der Waals surface area contributed by atoms with Crippen molar-refractivity contribution in [3.8, 4) is 5.75 Å². The maximum atomic E-state index is 12.3. The molecule has 0 aliphatic heterocycles. The van der Waals surface area contributed by atoms with Crippen molar-refractivity contribution in [3.05, 3.63) is 60.2 Å². The zero-order valence-electron chi connectivity index (χ0n) is 14.9. The van der Waals surface area contributed by atoms with Crippen molar-refractivity contribution in [1.29, 1.82) is 0 Å². The molecule has 134 valence electrons. The van der Waals surface area contributed by atoms with Gasteiger partial charge in [-0.2, -0.15) is 0 Å². The van der Waals surface area contributed by atoms with Crippen molar-refractivity contribution in [2.24, 2.45) is 0 Å². The molecule has 2 aromatic rings. The Morgan fingerprint density at radius 1 is 1.04 bits per heavy atom. The van der Waals surface area contributed by atoms with E-state index in [1.165, 1.54) is 0 Å². The first-order valence-corrected chi connectivity index (χ1v) is 8.54. The Hall–Kier alpha value is -2.53. The van der Waals surface area contributed by atoms with Gasteiger partial charge in [-0.05, 0) is 36.2 Å². The fourth-order valence-corrected chi connectivity index (χ4v) is 2.36. The molecule has 0 aliphatic rings. The highest BCUT2D eigenvalue weighted by atomic mass is 16.5. The summed E-state index contributed by atoms with van der Waals surface area (Å²) >= 11 is 0. The number of urea groups is 1. The maximum absolute atomic E-state index is 12.3. The molecule has 1 N–H and O–H groups in total. The molecule has 0 aliphatic carbocycles. The number of rotatable bonds is 9. The quantitative estimate of drug-likeness (QED) is 0.744. The Balaban J connectivity index is 1.87. The predicted octanol–water partition coefficient (Wildman–Crippen LogP) is 4.16. The largest absolute Gasteiger partial charge is 0.489 e. The Bertz CT molecular complexity index is 629. The van der Waals surface area contributed by atoms with E-state index in [0.29, 0.717) is 26.3 Å². The SMILES string of the molecule is CCCN(CCOC)C(=O)Nc1ccc(OCc2ccccc2)cc1. The van der Waals surface area contributed by atoms with E-state index in [4.69, 9.17) is 9.47 Å². The lowest BCUT2D eigenvalue weighted by molar-refractivity contribution is 0.155. The van der Waals surface area contributed by atoms with Gasteiger partial charge >= 0.3 is 6.03 Å². The van der Waals surface area contributed by atoms with Gasteiger partial charge in [0.2, 0.25) is 0 Å². The molecule has 5 heteroatoms. The molecule has 2 amide bonds. The van der Waals surface area contributed by atoms with Gasteiger partial charge in [-0.25, -0.2) is 4.79 Å². The van der Waals surface area contributed by atoms with Gasteiger partial charge in [-0.3, -0.25) is 0 Å². The Kier molecular flexibility index (Phi) is 7.79. The van der Waals surface area contributed by atoms with Crippen LogP contribution >= 0.6 is 0 Å². The second-order valence-electron chi connectivity index (χ2n) is 5.71. The number of hydrogen-bond donors (Lipinski definition) is 1. The Labute approximate surface area is 149 Å². The minimum absolute atomic E-state index is 0.114. The van der Waals surface area contributed by atoms with Crippen LogP contribution in [0.25, 0.3) is 0 Å². The number of ether oxygens (including phenoxy) is 2. The summed E-state index contributed by atoms with van der Waals surface area (Å²) in [6.45, 7) is 4.38. The predicted molar refractivity (Wildman–Crippen MR) is 100.0 cm³/mol. The number of hydrogen-bond acceptors (Lipinski definition) is 3. The molecule has 0 unspecified atom stereocenters. The van der Waals surface area contributed by atoms with Crippen LogP contribution in [0.3, 0.4) is 0 Å². The van der Waals surface area contributed by atoms with Crippen molar-refractivity contribution >= 4 is 11.7 Å². The van der Waals surface area contributed by atoms with Crippen molar-refractivity contribution in [1.82, 2.24) is 4.90 Å². The van der Waals surface area contributed by atoms with E-state index in [2.05, 4.69) is 5.32 Å². The zero-order valence-corrected chi connectivity index (χ0v) is 14.9. The topological polar surface area (TPSA) is 50.8 Å². The van der Waals surface area contributed by atoms with Gasteiger partial charge in [0.1, 0.15) is 12.4 Å². The fraction of sp³-hybridized carbons (Fsp3) is 0.350.